The van der Waals surface area contributed by atoms with E-state index in [9.17, 15) is 0 Å². The Hall–Kier alpha value is -0.460. The molecule has 1 aliphatic carbocycles. The molecule has 6 heteroatoms. The third-order valence-electron chi connectivity index (χ3n) is 5.76. The number of hydrogen-bond donors (Lipinski definition) is 2. The Bertz CT molecular complexity index is 437. The van der Waals surface area contributed by atoms with Crippen LogP contribution in [0.2, 0.25) is 0 Å². The van der Waals surface area contributed by atoms with Gasteiger partial charge in [0.05, 0.1) is 12.6 Å². The van der Waals surface area contributed by atoms with Crippen LogP contribution in [0, 0.1) is 11.3 Å². The van der Waals surface area contributed by atoms with Crippen molar-refractivity contribution in [3.05, 3.63) is 0 Å². The highest BCUT2D eigenvalue weighted by molar-refractivity contribution is 7.99. The van der Waals surface area contributed by atoms with Crippen molar-refractivity contribution in [3.8, 4) is 0 Å². The quantitative estimate of drug-likeness (QED) is 0.582. The molecular formula is C18H34N4OS. The van der Waals surface area contributed by atoms with E-state index in [1.165, 1.54) is 37.4 Å². The molecule has 0 aromatic heterocycles. The maximum Gasteiger partial charge on any atom is 0.191 e. The van der Waals surface area contributed by atoms with Gasteiger partial charge in [-0.1, -0.05) is 13.8 Å². The van der Waals surface area contributed by atoms with E-state index in [4.69, 9.17) is 9.73 Å². The predicted molar refractivity (Wildman–Crippen MR) is 103 cm³/mol. The molecule has 3 fully saturated rings. The Labute approximate surface area is 151 Å². The van der Waals surface area contributed by atoms with Gasteiger partial charge in [0.15, 0.2) is 5.96 Å². The summed E-state index contributed by atoms with van der Waals surface area (Å²) < 4.78 is 6.02. The number of hydrogen-bond acceptors (Lipinski definition) is 4. The molecule has 2 aliphatic heterocycles. The van der Waals surface area contributed by atoms with Gasteiger partial charge in [-0.15, -0.1) is 0 Å². The molecule has 0 aromatic carbocycles. The van der Waals surface area contributed by atoms with Crippen LogP contribution >= 0.6 is 11.8 Å². The number of rotatable bonds is 5. The Morgan fingerprint density at radius 1 is 1.33 bits per heavy atom. The van der Waals surface area contributed by atoms with E-state index in [0.717, 1.165) is 32.2 Å². The van der Waals surface area contributed by atoms with Crippen LogP contribution in [0.15, 0.2) is 4.99 Å². The second-order valence-corrected chi connectivity index (χ2v) is 8.98. The first kappa shape index (κ1) is 18.3. The largest absolute Gasteiger partial charge is 0.377 e. The van der Waals surface area contributed by atoms with Gasteiger partial charge in [-0.3, -0.25) is 9.89 Å². The van der Waals surface area contributed by atoms with Crippen LogP contribution in [-0.4, -0.2) is 73.8 Å². The van der Waals surface area contributed by atoms with Crippen molar-refractivity contribution in [2.24, 2.45) is 16.3 Å². The molecule has 2 saturated heterocycles. The van der Waals surface area contributed by atoms with Crippen molar-refractivity contribution in [2.75, 3.05) is 50.8 Å². The number of guanidine groups is 1. The highest BCUT2D eigenvalue weighted by Gasteiger charge is 2.58. The van der Waals surface area contributed by atoms with Gasteiger partial charge in [0.25, 0.3) is 0 Å². The van der Waals surface area contributed by atoms with Crippen LogP contribution in [0.3, 0.4) is 0 Å². The van der Waals surface area contributed by atoms with Crippen LogP contribution in [0.5, 0.6) is 0 Å². The van der Waals surface area contributed by atoms with Crippen LogP contribution < -0.4 is 10.6 Å². The maximum atomic E-state index is 6.02. The zero-order valence-electron chi connectivity index (χ0n) is 15.5. The molecule has 2 heterocycles. The van der Waals surface area contributed by atoms with Crippen LogP contribution in [0.4, 0.5) is 0 Å². The summed E-state index contributed by atoms with van der Waals surface area (Å²) in [4.78, 5) is 7.37. The maximum absolute atomic E-state index is 6.02. The Kier molecular flexibility index (Phi) is 6.33. The Balaban J connectivity index is 1.53. The lowest BCUT2D eigenvalue weighted by Gasteiger charge is -2.60. The average molecular weight is 355 g/mol. The lowest BCUT2D eigenvalue weighted by Crippen LogP contribution is -2.71. The molecule has 0 amide bonds. The molecule has 0 radical (unpaired) electrons. The predicted octanol–water partition coefficient (Wildman–Crippen LogP) is 1.79. The van der Waals surface area contributed by atoms with Crippen molar-refractivity contribution in [3.63, 3.8) is 0 Å². The van der Waals surface area contributed by atoms with E-state index in [1.54, 1.807) is 0 Å². The van der Waals surface area contributed by atoms with Crippen molar-refractivity contribution < 1.29 is 4.74 Å². The van der Waals surface area contributed by atoms with Gasteiger partial charge in [-0.05, 0) is 19.8 Å². The molecule has 0 bridgehead atoms. The van der Waals surface area contributed by atoms with Crippen LogP contribution in [0.25, 0.3) is 0 Å². The minimum Gasteiger partial charge on any atom is -0.377 e. The summed E-state index contributed by atoms with van der Waals surface area (Å²) in [5.41, 5.74) is 0.186. The molecule has 3 aliphatic rings. The van der Waals surface area contributed by atoms with Crippen molar-refractivity contribution in [1.82, 2.24) is 15.5 Å². The zero-order valence-corrected chi connectivity index (χ0v) is 16.3. The van der Waals surface area contributed by atoms with Crippen LogP contribution in [-0.2, 0) is 4.74 Å². The third kappa shape index (κ3) is 4.02. The fraction of sp³-hybridized carbons (Fsp3) is 0.944. The summed E-state index contributed by atoms with van der Waals surface area (Å²) in [7, 11) is 0. The lowest BCUT2D eigenvalue weighted by atomic mass is 9.55. The fourth-order valence-corrected chi connectivity index (χ4v) is 5.39. The monoisotopic (exact) mass is 354 g/mol. The van der Waals surface area contributed by atoms with E-state index in [1.807, 2.05) is 0 Å². The molecule has 138 valence electrons. The third-order valence-corrected chi connectivity index (χ3v) is 6.70. The molecule has 3 atom stereocenters. The van der Waals surface area contributed by atoms with E-state index in [2.05, 4.69) is 48.1 Å². The number of nitrogens with zero attached hydrogens (tertiary/aromatic N) is 2. The number of aliphatic imine (C=N–C) groups is 1. The van der Waals surface area contributed by atoms with Gasteiger partial charge < -0.3 is 15.4 Å². The molecule has 24 heavy (non-hydrogen) atoms. The summed E-state index contributed by atoms with van der Waals surface area (Å²) in [5.74, 6) is 4.14. The fourth-order valence-electron chi connectivity index (χ4n) is 4.41. The summed E-state index contributed by atoms with van der Waals surface area (Å²) in [6.45, 7) is 13.0. The first-order valence-electron chi connectivity index (χ1n) is 9.59. The topological polar surface area (TPSA) is 48.9 Å². The van der Waals surface area contributed by atoms with Crippen molar-refractivity contribution in [1.29, 1.82) is 0 Å². The summed E-state index contributed by atoms with van der Waals surface area (Å²) in [5, 5.41) is 7.15. The Morgan fingerprint density at radius 3 is 2.88 bits per heavy atom. The molecule has 2 N–H and O–H groups in total. The van der Waals surface area contributed by atoms with Gasteiger partial charge in [0, 0.05) is 61.7 Å². The highest BCUT2D eigenvalue weighted by Crippen LogP contribution is 2.51. The Morgan fingerprint density at radius 2 is 2.12 bits per heavy atom. The minimum atomic E-state index is 0.186. The molecular weight excluding hydrogens is 320 g/mol. The number of ether oxygens (including phenoxy) is 1. The average Bonchev–Trinajstić information content (AvgIpc) is 2.60. The van der Waals surface area contributed by atoms with Crippen molar-refractivity contribution in [2.45, 2.75) is 45.8 Å². The van der Waals surface area contributed by atoms with E-state index in [-0.39, 0.29) is 5.41 Å². The summed E-state index contributed by atoms with van der Waals surface area (Å²) in [6, 6.07) is 0.465. The first-order valence-corrected chi connectivity index (χ1v) is 10.7. The van der Waals surface area contributed by atoms with Gasteiger partial charge in [0.1, 0.15) is 0 Å². The van der Waals surface area contributed by atoms with Gasteiger partial charge in [0.2, 0.25) is 0 Å². The van der Waals surface area contributed by atoms with E-state index in [0.29, 0.717) is 18.1 Å². The lowest BCUT2D eigenvalue weighted by molar-refractivity contribution is -0.188. The molecule has 3 rings (SSSR count). The number of nitrogens with one attached hydrogen (secondary N) is 2. The molecule has 1 saturated carbocycles. The van der Waals surface area contributed by atoms with Gasteiger partial charge >= 0.3 is 0 Å². The molecule has 0 aromatic rings. The minimum absolute atomic E-state index is 0.186. The molecule has 3 unspecified atom stereocenters. The number of fused-ring (bicyclic) bond motifs is 1. The molecule has 0 spiro atoms. The summed E-state index contributed by atoms with van der Waals surface area (Å²) in [6.07, 6.45) is 2.88. The SMILES string of the molecule is CCNC(=NCCN1CCSCC1)NC1C2CCCOC2C1(C)C. The van der Waals surface area contributed by atoms with E-state index < -0.39 is 0 Å². The zero-order chi connectivity index (χ0) is 17.0. The standard InChI is InChI=1S/C18H34N4OS/c1-4-19-17(20-7-8-22-9-12-24-13-10-22)21-15-14-6-5-11-23-16(14)18(15,2)3/h14-16H,4-13H2,1-3H3,(H2,19,20,21). The smallest absolute Gasteiger partial charge is 0.191 e. The second-order valence-electron chi connectivity index (χ2n) is 7.76. The van der Waals surface area contributed by atoms with E-state index >= 15 is 0 Å². The summed E-state index contributed by atoms with van der Waals surface area (Å²) >= 11 is 2.06. The number of thioether (sulfide) groups is 1. The van der Waals surface area contributed by atoms with Crippen molar-refractivity contribution >= 4 is 17.7 Å². The van der Waals surface area contributed by atoms with Gasteiger partial charge in [-0.2, -0.15) is 11.8 Å². The normalized spacial score (nSPS) is 33.5. The second kappa shape index (κ2) is 8.28. The molecule has 5 nitrogen and oxygen atoms in total. The van der Waals surface area contributed by atoms with Gasteiger partial charge in [-0.25, -0.2) is 0 Å². The van der Waals surface area contributed by atoms with Crippen LogP contribution in [0.1, 0.15) is 33.6 Å². The highest BCUT2D eigenvalue weighted by atomic mass is 32.2. The first-order chi connectivity index (χ1) is 11.6.